The van der Waals surface area contributed by atoms with Gasteiger partial charge in [-0.3, -0.25) is 4.79 Å². The summed E-state index contributed by atoms with van der Waals surface area (Å²) < 4.78 is 1.44. The molecule has 0 amide bonds. The maximum atomic E-state index is 12.2. The van der Waals surface area contributed by atoms with Gasteiger partial charge in [0.1, 0.15) is 0 Å². The van der Waals surface area contributed by atoms with Gasteiger partial charge in [0.2, 0.25) is 0 Å². The van der Waals surface area contributed by atoms with Crippen molar-refractivity contribution in [3.63, 3.8) is 0 Å². The van der Waals surface area contributed by atoms with Gasteiger partial charge in [-0.05, 0) is 18.2 Å². The number of hydrogen-bond donors (Lipinski definition) is 0. The molecule has 100 valence electrons. The molecule has 3 aromatic rings. The number of nitrogens with zero attached hydrogens (tertiary/aromatic N) is 2. The van der Waals surface area contributed by atoms with Gasteiger partial charge in [0.05, 0.1) is 22.3 Å². The number of benzene rings is 2. The molecular formula is C15H10Cl2N2O. The summed E-state index contributed by atoms with van der Waals surface area (Å²) >= 11 is 12.5. The van der Waals surface area contributed by atoms with E-state index in [1.54, 1.807) is 25.2 Å². The Kier molecular flexibility index (Phi) is 3.24. The van der Waals surface area contributed by atoms with E-state index in [9.17, 15) is 4.79 Å². The van der Waals surface area contributed by atoms with Gasteiger partial charge >= 0.3 is 0 Å². The molecule has 0 aliphatic heterocycles. The Balaban J connectivity index is 2.38. The first-order chi connectivity index (χ1) is 9.58. The summed E-state index contributed by atoms with van der Waals surface area (Å²) in [5, 5.41) is 1.63. The van der Waals surface area contributed by atoms with Crippen LogP contribution in [0.4, 0.5) is 0 Å². The van der Waals surface area contributed by atoms with Crippen LogP contribution in [0.25, 0.3) is 22.0 Å². The van der Waals surface area contributed by atoms with Crippen LogP contribution in [0.5, 0.6) is 0 Å². The Labute approximate surface area is 125 Å². The van der Waals surface area contributed by atoms with Crippen LogP contribution < -0.4 is 5.56 Å². The lowest BCUT2D eigenvalue weighted by Crippen LogP contribution is -2.16. The smallest absolute Gasteiger partial charge is 0.260 e. The third-order valence-electron chi connectivity index (χ3n) is 3.17. The summed E-state index contributed by atoms with van der Waals surface area (Å²) in [4.78, 5) is 16.4. The largest absolute Gasteiger partial charge is 0.302 e. The van der Waals surface area contributed by atoms with E-state index in [0.29, 0.717) is 20.9 Å². The van der Waals surface area contributed by atoms with E-state index >= 15 is 0 Å². The van der Waals surface area contributed by atoms with Gasteiger partial charge in [-0.15, -0.1) is 0 Å². The second-order valence-electron chi connectivity index (χ2n) is 4.49. The lowest BCUT2D eigenvalue weighted by molar-refractivity contribution is 0.843. The van der Waals surface area contributed by atoms with Crippen LogP contribution in [0.3, 0.4) is 0 Å². The fraction of sp³-hybridized carbons (Fsp3) is 0.0667. The molecular weight excluding hydrogens is 295 g/mol. The highest BCUT2D eigenvalue weighted by atomic mass is 35.5. The second-order valence-corrected chi connectivity index (χ2v) is 5.30. The van der Waals surface area contributed by atoms with Crippen molar-refractivity contribution in [3.8, 4) is 11.1 Å². The maximum absolute atomic E-state index is 12.2. The minimum Gasteiger partial charge on any atom is -0.302 e. The fourth-order valence-electron chi connectivity index (χ4n) is 2.12. The Hall–Kier alpha value is -1.84. The first kappa shape index (κ1) is 13.2. The number of hydrogen-bond acceptors (Lipinski definition) is 2. The summed E-state index contributed by atoms with van der Waals surface area (Å²) in [6.07, 6.45) is 1.48. The van der Waals surface area contributed by atoms with Crippen molar-refractivity contribution in [2.75, 3.05) is 0 Å². The van der Waals surface area contributed by atoms with Gasteiger partial charge in [0.15, 0.2) is 0 Å². The zero-order chi connectivity index (χ0) is 14.3. The maximum Gasteiger partial charge on any atom is 0.260 e. The van der Waals surface area contributed by atoms with Gasteiger partial charge in [-0.25, -0.2) is 4.98 Å². The number of aromatic nitrogens is 2. The van der Waals surface area contributed by atoms with Crippen LogP contribution in [-0.4, -0.2) is 9.55 Å². The monoisotopic (exact) mass is 304 g/mol. The average Bonchev–Trinajstić information content (AvgIpc) is 2.44. The topological polar surface area (TPSA) is 34.9 Å². The molecule has 0 fully saturated rings. The molecule has 0 aliphatic rings. The quantitative estimate of drug-likeness (QED) is 0.683. The van der Waals surface area contributed by atoms with E-state index < -0.39 is 0 Å². The van der Waals surface area contributed by atoms with Crippen LogP contribution in [0, 0.1) is 0 Å². The molecule has 0 saturated carbocycles. The van der Waals surface area contributed by atoms with Crippen molar-refractivity contribution in [1.82, 2.24) is 9.55 Å². The number of fused-ring (bicyclic) bond motifs is 1. The predicted molar refractivity (Wildman–Crippen MR) is 82.4 cm³/mol. The zero-order valence-corrected chi connectivity index (χ0v) is 12.1. The number of halogens is 2. The molecule has 3 nitrogen and oxygen atoms in total. The molecule has 2 aromatic carbocycles. The van der Waals surface area contributed by atoms with Gasteiger partial charge in [-0.1, -0.05) is 41.4 Å². The standard InChI is InChI=1S/C15H10Cl2N2O/c1-19-8-18-14-7-13(17)10(6-11(14)15(19)20)9-4-2-3-5-12(9)16/h2-8H,1H3. The molecule has 0 spiro atoms. The van der Waals surface area contributed by atoms with Crippen molar-refractivity contribution in [2.24, 2.45) is 7.05 Å². The van der Waals surface area contributed by atoms with E-state index in [1.165, 1.54) is 10.9 Å². The summed E-state index contributed by atoms with van der Waals surface area (Å²) in [6.45, 7) is 0. The van der Waals surface area contributed by atoms with Crippen LogP contribution in [0.2, 0.25) is 10.0 Å². The summed E-state index contributed by atoms with van der Waals surface area (Å²) in [7, 11) is 1.67. The molecule has 0 saturated heterocycles. The molecule has 0 unspecified atom stereocenters. The lowest BCUT2D eigenvalue weighted by Gasteiger charge is -2.09. The molecule has 0 bridgehead atoms. The van der Waals surface area contributed by atoms with E-state index in [-0.39, 0.29) is 5.56 Å². The van der Waals surface area contributed by atoms with Gasteiger partial charge in [0, 0.05) is 23.2 Å². The minimum atomic E-state index is -0.111. The normalized spacial score (nSPS) is 10.9. The highest BCUT2D eigenvalue weighted by Gasteiger charge is 2.11. The number of rotatable bonds is 1. The van der Waals surface area contributed by atoms with Crippen molar-refractivity contribution in [1.29, 1.82) is 0 Å². The van der Waals surface area contributed by atoms with Crippen molar-refractivity contribution in [3.05, 3.63) is 63.1 Å². The Bertz CT molecular complexity index is 871. The average molecular weight is 305 g/mol. The van der Waals surface area contributed by atoms with Crippen LogP contribution in [0.15, 0.2) is 47.5 Å². The van der Waals surface area contributed by atoms with E-state index in [1.807, 2.05) is 18.2 Å². The predicted octanol–water partition coefficient (Wildman–Crippen LogP) is 3.91. The SMILES string of the molecule is Cn1cnc2cc(Cl)c(-c3ccccc3Cl)cc2c1=O. The molecule has 1 heterocycles. The van der Waals surface area contributed by atoms with E-state index in [0.717, 1.165) is 11.1 Å². The van der Waals surface area contributed by atoms with Crippen LogP contribution in [0.1, 0.15) is 0 Å². The summed E-state index contributed by atoms with van der Waals surface area (Å²) in [5.41, 5.74) is 2.00. The molecule has 0 atom stereocenters. The van der Waals surface area contributed by atoms with Crippen molar-refractivity contribution >= 4 is 34.1 Å². The van der Waals surface area contributed by atoms with Gasteiger partial charge in [-0.2, -0.15) is 0 Å². The fourth-order valence-corrected chi connectivity index (χ4v) is 2.62. The number of aryl methyl sites for hydroxylation is 1. The molecule has 1 aromatic heterocycles. The Morgan fingerprint density at radius 2 is 1.80 bits per heavy atom. The lowest BCUT2D eigenvalue weighted by atomic mass is 10.0. The van der Waals surface area contributed by atoms with Crippen molar-refractivity contribution < 1.29 is 0 Å². The van der Waals surface area contributed by atoms with Crippen molar-refractivity contribution in [2.45, 2.75) is 0 Å². The summed E-state index contributed by atoms with van der Waals surface area (Å²) in [5.74, 6) is 0. The minimum absolute atomic E-state index is 0.111. The Morgan fingerprint density at radius 3 is 2.55 bits per heavy atom. The Morgan fingerprint density at radius 1 is 1.05 bits per heavy atom. The first-order valence-electron chi connectivity index (χ1n) is 5.97. The molecule has 0 radical (unpaired) electrons. The molecule has 0 aliphatic carbocycles. The molecule has 20 heavy (non-hydrogen) atoms. The zero-order valence-electron chi connectivity index (χ0n) is 10.6. The third-order valence-corrected chi connectivity index (χ3v) is 3.81. The molecule has 0 N–H and O–H groups in total. The van der Waals surface area contributed by atoms with Crippen LogP contribution in [-0.2, 0) is 7.05 Å². The van der Waals surface area contributed by atoms with E-state index in [2.05, 4.69) is 4.98 Å². The second kappa shape index (κ2) is 4.93. The van der Waals surface area contributed by atoms with E-state index in [4.69, 9.17) is 23.2 Å². The van der Waals surface area contributed by atoms with Crippen LogP contribution >= 0.6 is 23.2 Å². The van der Waals surface area contributed by atoms with Gasteiger partial charge < -0.3 is 4.57 Å². The highest BCUT2D eigenvalue weighted by molar-refractivity contribution is 6.37. The highest BCUT2D eigenvalue weighted by Crippen LogP contribution is 2.34. The van der Waals surface area contributed by atoms with Gasteiger partial charge in [0.25, 0.3) is 5.56 Å². The molecule has 3 rings (SSSR count). The first-order valence-corrected chi connectivity index (χ1v) is 6.73. The summed E-state index contributed by atoms with van der Waals surface area (Å²) in [6, 6.07) is 10.8. The molecule has 5 heteroatoms. The third kappa shape index (κ3) is 2.09.